The van der Waals surface area contributed by atoms with Crippen molar-refractivity contribution in [2.75, 3.05) is 26.2 Å². The predicted molar refractivity (Wildman–Crippen MR) is 115 cm³/mol. The highest BCUT2D eigenvalue weighted by Crippen LogP contribution is 2.20. The van der Waals surface area contributed by atoms with Gasteiger partial charge in [-0.25, -0.2) is 0 Å². The van der Waals surface area contributed by atoms with Crippen LogP contribution in [0.3, 0.4) is 0 Å². The summed E-state index contributed by atoms with van der Waals surface area (Å²) >= 11 is 0. The van der Waals surface area contributed by atoms with Crippen LogP contribution in [0.4, 0.5) is 0 Å². The molecular formula is C25H24N2O2. The number of benzene rings is 3. The Kier molecular flexibility index (Phi) is 5.43. The molecule has 0 atom stereocenters. The number of rotatable bonds is 3. The van der Waals surface area contributed by atoms with E-state index in [0.29, 0.717) is 37.3 Å². The maximum Gasteiger partial charge on any atom is 0.253 e. The van der Waals surface area contributed by atoms with Gasteiger partial charge in [-0.3, -0.25) is 9.59 Å². The molecule has 0 spiro atoms. The van der Waals surface area contributed by atoms with Crippen molar-refractivity contribution in [1.29, 1.82) is 0 Å². The largest absolute Gasteiger partial charge is 0.335 e. The van der Waals surface area contributed by atoms with Crippen molar-refractivity contribution < 1.29 is 9.59 Å². The Morgan fingerprint density at radius 1 is 0.621 bits per heavy atom. The zero-order valence-electron chi connectivity index (χ0n) is 16.5. The molecule has 3 aromatic rings. The molecule has 4 nitrogen and oxygen atoms in total. The minimum Gasteiger partial charge on any atom is -0.335 e. The minimum atomic E-state index is 0.0206. The van der Waals surface area contributed by atoms with Crippen LogP contribution in [-0.2, 0) is 0 Å². The zero-order chi connectivity index (χ0) is 20.2. The summed E-state index contributed by atoms with van der Waals surface area (Å²) in [7, 11) is 0. The fourth-order valence-corrected chi connectivity index (χ4v) is 3.69. The molecule has 0 radical (unpaired) electrons. The number of carbonyl (C=O) groups excluding carboxylic acids is 2. The van der Waals surface area contributed by atoms with Gasteiger partial charge in [0.05, 0.1) is 0 Å². The summed E-state index contributed by atoms with van der Waals surface area (Å²) in [6.07, 6.45) is 0. The second kappa shape index (κ2) is 8.31. The maximum atomic E-state index is 12.9. The van der Waals surface area contributed by atoms with Gasteiger partial charge < -0.3 is 9.80 Å². The van der Waals surface area contributed by atoms with Crippen LogP contribution in [0.5, 0.6) is 0 Å². The molecule has 4 heteroatoms. The van der Waals surface area contributed by atoms with Crippen LogP contribution in [0.25, 0.3) is 11.1 Å². The molecule has 0 N–H and O–H groups in total. The Bertz CT molecular complexity index is 1000. The molecule has 29 heavy (non-hydrogen) atoms. The summed E-state index contributed by atoms with van der Waals surface area (Å²) in [5.41, 5.74) is 4.69. The summed E-state index contributed by atoms with van der Waals surface area (Å²) in [5, 5.41) is 0. The number of piperazine rings is 1. The Balaban J connectivity index is 1.38. The Hall–Kier alpha value is -3.40. The van der Waals surface area contributed by atoms with E-state index in [1.165, 1.54) is 0 Å². The average Bonchev–Trinajstić information content (AvgIpc) is 2.79. The van der Waals surface area contributed by atoms with E-state index in [1.54, 1.807) is 0 Å². The predicted octanol–water partition coefficient (Wildman–Crippen LogP) is 4.26. The lowest BCUT2D eigenvalue weighted by Gasteiger charge is -2.35. The molecule has 0 saturated carbocycles. The number of amides is 2. The van der Waals surface area contributed by atoms with Gasteiger partial charge in [0, 0.05) is 37.3 Å². The molecule has 0 bridgehead atoms. The molecule has 1 aliphatic heterocycles. The van der Waals surface area contributed by atoms with Gasteiger partial charge >= 0.3 is 0 Å². The van der Waals surface area contributed by atoms with Crippen molar-refractivity contribution >= 4 is 11.8 Å². The van der Waals surface area contributed by atoms with Crippen molar-refractivity contribution in [3.63, 3.8) is 0 Å². The maximum absolute atomic E-state index is 12.9. The van der Waals surface area contributed by atoms with Crippen LogP contribution in [0, 0.1) is 6.92 Å². The van der Waals surface area contributed by atoms with Gasteiger partial charge in [-0.1, -0.05) is 60.2 Å². The number of nitrogens with zero attached hydrogens (tertiary/aromatic N) is 2. The number of hydrogen-bond acceptors (Lipinski definition) is 2. The lowest BCUT2D eigenvalue weighted by molar-refractivity contribution is 0.0535. The molecule has 0 aromatic heterocycles. The normalized spacial score (nSPS) is 14.0. The Labute approximate surface area is 171 Å². The van der Waals surface area contributed by atoms with Gasteiger partial charge in [-0.05, 0) is 42.3 Å². The van der Waals surface area contributed by atoms with Gasteiger partial charge in [0.15, 0.2) is 0 Å². The standard InChI is InChI=1S/C25H24N2O2/c1-19-6-5-9-23(18-19)25(29)27-16-14-26(15-17-27)24(28)22-12-10-21(11-13-22)20-7-3-2-4-8-20/h2-13,18H,14-17H2,1H3. The van der Waals surface area contributed by atoms with Crippen LogP contribution in [0.15, 0.2) is 78.9 Å². The molecule has 2 amide bonds. The lowest BCUT2D eigenvalue weighted by Crippen LogP contribution is -2.50. The molecule has 1 fully saturated rings. The highest BCUT2D eigenvalue weighted by Gasteiger charge is 2.25. The third kappa shape index (κ3) is 4.21. The SMILES string of the molecule is Cc1cccc(C(=O)N2CCN(C(=O)c3ccc(-c4ccccc4)cc3)CC2)c1. The van der Waals surface area contributed by atoms with Gasteiger partial charge in [-0.2, -0.15) is 0 Å². The van der Waals surface area contributed by atoms with E-state index >= 15 is 0 Å². The van der Waals surface area contributed by atoms with Crippen LogP contribution in [-0.4, -0.2) is 47.8 Å². The molecule has 0 aliphatic carbocycles. The lowest BCUT2D eigenvalue weighted by atomic mass is 10.0. The van der Waals surface area contributed by atoms with Crippen LogP contribution in [0.1, 0.15) is 26.3 Å². The topological polar surface area (TPSA) is 40.6 Å². The average molecular weight is 384 g/mol. The first kappa shape index (κ1) is 18.9. The number of aryl methyl sites for hydroxylation is 1. The second-order valence-corrected chi connectivity index (χ2v) is 7.40. The van der Waals surface area contributed by atoms with E-state index in [0.717, 1.165) is 16.7 Å². The first-order valence-electron chi connectivity index (χ1n) is 9.92. The van der Waals surface area contributed by atoms with Gasteiger partial charge in [0.2, 0.25) is 0 Å². The highest BCUT2D eigenvalue weighted by atomic mass is 16.2. The molecule has 1 saturated heterocycles. The van der Waals surface area contributed by atoms with Crippen molar-refractivity contribution in [3.05, 3.63) is 95.6 Å². The smallest absolute Gasteiger partial charge is 0.253 e. The van der Waals surface area contributed by atoms with Crippen LogP contribution in [0.2, 0.25) is 0 Å². The number of hydrogen-bond donors (Lipinski definition) is 0. The third-order valence-electron chi connectivity index (χ3n) is 5.36. The van der Waals surface area contributed by atoms with E-state index < -0.39 is 0 Å². The highest BCUT2D eigenvalue weighted by molar-refractivity contribution is 5.96. The molecule has 1 aliphatic rings. The van der Waals surface area contributed by atoms with Crippen molar-refractivity contribution in [2.45, 2.75) is 6.92 Å². The fourth-order valence-electron chi connectivity index (χ4n) is 3.69. The van der Waals surface area contributed by atoms with Gasteiger partial charge in [0.1, 0.15) is 0 Å². The summed E-state index contributed by atoms with van der Waals surface area (Å²) in [6, 6.07) is 25.5. The summed E-state index contributed by atoms with van der Waals surface area (Å²) in [4.78, 5) is 29.2. The van der Waals surface area contributed by atoms with Gasteiger partial charge in [-0.15, -0.1) is 0 Å². The summed E-state index contributed by atoms with van der Waals surface area (Å²) in [5.74, 6) is 0.0558. The molecule has 146 valence electrons. The fraction of sp³-hybridized carbons (Fsp3) is 0.200. The molecule has 3 aromatic carbocycles. The van der Waals surface area contributed by atoms with Crippen LogP contribution >= 0.6 is 0 Å². The molecule has 4 rings (SSSR count). The molecular weight excluding hydrogens is 360 g/mol. The van der Waals surface area contributed by atoms with Crippen molar-refractivity contribution in [3.8, 4) is 11.1 Å². The minimum absolute atomic E-state index is 0.0206. The molecule has 0 unspecified atom stereocenters. The Morgan fingerprint density at radius 3 is 1.76 bits per heavy atom. The van der Waals surface area contributed by atoms with Gasteiger partial charge in [0.25, 0.3) is 11.8 Å². The summed E-state index contributed by atoms with van der Waals surface area (Å²) in [6.45, 7) is 4.20. The first-order valence-corrected chi connectivity index (χ1v) is 9.92. The number of carbonyl (C=O) groups is 2. The zero-order valence-corrected chi connectivity index (χ0v) is 16.5. The van der Waals surface area contributed by atoms with Crippen molar-refractivity contribution in [2.24, 2.45) is 0 Å². The van der Waals surface area contributed by atoms with Crippen molar-refractivity contribution in [1.82, 2.24) is 9.80 Å². The van der Waals surface area contributed by atoms with E-state index in [9.17, 15) is 9.59 Å². The third-order valence-corrected chi connectivity index (χ3v) is 5.36. The quantitative estimate of drug-likeness (QED) is 0.677. The van der Waals surface area contributed by atoms with Crippen LogP contribution < -0.4 is 0 Å². The summed E-state index contributed by atoms with van der Waals surface area (Å²) < 4.78 is 0. The Morgan fingerprint density at radius 2 is 1.17 bits per heavy atom. The van der Waals surface area contributed by atoms with E-state index in [2.05, 4.69) is 12.1 Å². The van der Waals surface area contributed by atoms with E-state index in [4.69, 9.17) is 0 Å². The molecule has 1 heterocycles. The van der Waals surface area contributed by atoms with E-state index in [1.807, 2.05) is 83.5 Å². The second-order valence-electron chi connectivity index (χ2n) is 7.40. The first-order chi connectivity index (χ1) is 14.1. The van der Waals surface area contributed by atoms with E-state index in [-0.39, 0.29) is 11.8 Å². The monoisotopic (exact) mass is 384 g/mol.